The third kappa shape index (κ3) is 4.77. The van der Waals surface area contributed by atoms with Crippen LogP contribution in [0.1, 0.15) is 35.1 Å². The second-order valence-electron chi connectivity index (χ2n) is 9.70. The van der Waals surface area contributed by atoms with Crippen molar-refractivity contribution < 1.29 is 13.5 Å². The van der Waals surface area contributed by atoms with E-state index in [-0.39, 0.29) is 10.9 Å². The Morgan fingerprint density at radius 1 is 0.816 bits per heavy atom. The Morgan fingerprint density at radius 3 is 1.74 bits per heavy atom. The van der Waals surface area contributed by atoms with Gasteiger partial charge in [-0.15, -0.1) is 0 Å². The average molecular weight is 523 g/mol. The first kappa shape index (κ1) is 25.9. The lowest BCUT2D eigenvalue weighted by molar-refractivity contribution is 0.0451. The lowest BCUT2D eigenvalue weighted by Gasteiger charge is -2.47. The minimum Gasteiger partial charge on any atom is -0.390 e. The van der Waals surface area contributed by atoms with E-state index in [1.54, 1.807) is 0 Å². The zero-order chi connectivity index (χ0) is 26.6. The number of hydrogen-bond acceptors (Lipinski definition) is 5. The smallest absolute Gasteiger partial charge is 0.180 e. The molecule has 0 aliphatic carbocycles. The highest BCUT2D eigenvalue weighted by Gasteiger charge is 2.49. The molecule has 192 valence electrons. The Labute approximate surface area is 224 Å². The highest BCUT2D eigenvalue weighted by atomic mass is 32.2. The Morgan fingerprint density at radius 2 is 1.29 bits per heavy atom. The molecule has 5 rings (SSSR count). The third-order valence-corrected chi connectivity index (χ3v) is 9.25. The number of rotatable bonds is 8. The first-order valence-electron chi connectivity index (χ1n) is 12.8. The van der Waals surface area contributed by atoms with Gasteiger partial charge < -0.3 is 5.11 Å². The molecule has 38 heavy (non-hydrogen) atoms. The van der Waals surface area contributed by atoms with Crippen LogP contribution in [-0.4, -0.2) is 42.9 Å². The number of aliphatic hydroxyl groups is 1. The summed E-state index contributed by atoms with van der Waals surface area (Å²) in [4.78, 5) is 2.41. The van der Waals surface area contributed by atoms with Crippen LogP contribution in [0.3, 0.4) is 0 Å². The monoisotopic (exact) mass is 522 g/mol. The molecule has 5 nitrogen and oxygen atoms in total. The molecule has 0 radical (unpaired) electrons. The first-order valence-corrected chi connectivity index (χ1v) is 14.5. The number of benzene rings is 4. The number of hydrogen-bond donors (Lipinski definition) is 1. The Balaban J connectivity index is 1.60. The van der Waals surface area contributed by atoms with Gasteiger partial charge in [0.25, 0.3) is 0 Å². The second-order valence-corrected chi connectivity index (χ2v) is 11.7. The van der Waals surface area contributed by atoms with E-state index < -0.39 is 27.2 Å². The molecular formula is C32H30N2O3S. The summed E-state index contributed by atoms with van der Waals surface area (Å²) in [5, 5.41) is 20.6. The van der Waals surface area contributed by atoms with E-state index >= 15 is 0 Å². The van der Waals surface area contributed by atoms with Gasteiger partial charge >= 0.3 is 0 Å². The van der Waals surface area contributed by atoms with Gasteiger partial charge in [-0.05, 0) is 53.8 Å². The van der Waals surface area contributed by atoms with Crippen molar-refractivity contribution in [1.82, 2.24) is 4.90 Å². The minimum absolute atomic E-state index is 0.112. The SMILES string of the molecule is N#Cc1ccc(S(=O)(=O)C[C@H](O)[C@H]2CCCN2C(c2ccccc2)(c2ccccc2)c2ccccc2)cc1. The van der Waals surface area contributed by atoms with Crippen molar-refractivity contribution in [1.29, 1.82) is 5.26 Å². The summed E-state index contributed by atoms with van der Waals surface area (Å²) in [7, 11) is -3.77. The van der Waals surface area contributed by atoms with E-state index in [1.807, 2.05) is 60.7 Å². The van der Waals surface area contributed by atoms with Gasteiger partial charge in [0.2, 0.25) is 0 Å². The van der Waals surface area contributed by atoms with Crippen molar-refractivity contribution in [3.63, 3.8) is 0 Å². The van der Waals surface area contributed by atoms with Crippen LogP contribution in [0, 0.1) is 11.3 Å². The fourth-order valence-electron chi connectivity index (χ4n) is 5.81. The van der Waals surface area contributed by atoms with Crippen molar-refractivity contribution in [2.45, 2.75) is 35.4 Å². The molecule has 1 fully saturated rings. The highest BCUT2D eigenvalue weighted by Crippen LogP contribution is 2.46. The molecule has 6 heteroatoms. The summed E-state index contributed by atoms with van der Waals surface area (Å²) in [5.41, 5.74) is 2.86. The van der Waals surface area contributed by atoms with Gasteiger partial charge in [0.15, 0.2) is 9.84 Å². The van der Waals surface area contributed by atoms with E-state index in [1.165, 1.54) is 24.3 Å². The summed E-state index contributed by atoms with van der Waals surface area (Å²) >= 11 is 0. The molecule has 2 atom stereocenters. The molecular weight excluding hydrogens is 492 g/mol. The van der Waals surface area contributed by atoms with Crippen molar-refractivity contribution in [3.05, 3.63) is 138 Å². The topological polar surface area (TPSA) is 81.4 Å². The molecule has 1 aliphatic rings. The summed E-state index contributed by atoms with van der Waals surface area (Å²) in [5.74, 6) is -0.394. The van der Waals surface area contributed by atoms with Crippen LogP contribution in [-0.2, 0) is 15.4 Å². The van der Waals surface area contributed by atoms with Crippen LogP contribution in [0.2, 0.25) is 0 Å². The predicted octanol–water partition coefficient (Wildman–Crippen LogP) is 5.15. The van der Waals surface area contributed by atoms with Gasteiger partial charge in [0, 0.05) is 12.6 Å². The number of likely N-dealkylation sites (tertiary alicyclic amines) is 1. The highest BCUT2D eigenvalue weighted by molar-refractivity contribution is 7.91. The van der Waals surface area contributed by atoms with Crippen molar-refractivity contribution in [3.8, 4) is 6.07 Å². The lowest BCUT2D eigenvalue weighted by atomic mass is 9.75. The minimum atomic E-state index is -3.77. The Hall–Kier alpha value is -3.76. The third-order valence-electron chi connectivity index (χ3n) is 7.48. The molecule has 0 saturated carbocycles. The Kier molecular flexibility index (Phi) is 7.44. The zero-order valence-corrected chi connectivity index (χ0v) is 21.8. The second kappa shape index (κ2) is 10.9. The largest absolute Gasteiger partial charge is 0.390 e. The van der Waals surface area contributed by atoms with E-state index in [9.17, 15) is 13.5 Å². The molecule has 1 N–H and O–H groups in total. The number of sulfone groups is 1. The molecule has 1 aliphatic heterocycles. The molecule has 0 amide bonds. The predicted molar refractivity (Wildman–Crippen MR) is 148 cm³/mol. The molecule has 1 heterocycles. The van der Waals surface area contributed by atoms with E-state index in [0.717, 1.165) is 23.1 Å². The maximum absolute atomic E-state index is 13.3. The standard InChI is InChI=1S/C32H30N2O3S/c33-23-25-18-20-29(21-19-25)38(36,37)24-31(35)30-17-10-22-34(30)32(26-11-4-1-5-12-26,27-13-6-2-7-14-27)28-15-8-3-9-16-28/h1-9,11-16,18-21,30-31,35H,10,17,22,24H2/t30-,31+/m1/s1. The fourth-order valence-corrected chi connectivity index (χ4v) is 7.23. The molecule has 0 spiro atoms. The Bertz CT molecular complexity index is 1400. The number of aliphatic hydroxyl groups excluding tert-OH is 1. The fraction of sp³-hybridized carbons (Fsp3) is 0.219. The van der Waals surface area contributed by atoms with Crippen molar-refractivity contribution >= 4 is 9.84 Å². The average Bonchev–Trinajstić information content (AvgIpc) is 3.46. The summed E-state index contributed by atoms with van der Waals surface area (Å²) in [6.45, 7) is 0.706. The van der Waals surface area contributed by atoms with Gasteiger partial charge in [-0.3, -0.25) is 4.90 Å². The number of nitriles is 1. The quantitative estimate of drug-likeness (QED) is 0.324. The van der Waals surface area contributed by atoms with E-state index in [0.29, 0.717) is 18.5 Å². The first-order chi connectivity index (χ1) is 18.5. The van der Waals surface area contributed by atoms with Crippen LogP contribution >= 0.6 is 0 Å². The molecule has 1 saturated heterocycles. The molecule has 4 aromatic rings. The van der Waals surface area contributed by atoms with E-state index in [2.05, 4.69) is 41.3 Å². The van der Waals surface area contributed by atoms with E-state index in [4.69, 9.17) is 5.26 Å². The molecule has 0 unspecified atom stereocenters. The maximum Gasteiger partial charge on any atom is 0.180 e. The lowest BCUT2D eigenvalue weighted by Crippen LogP contribution is -2.54. The van der Waals surface area contributed by atoms with Crippen LogP contribution in [0.4, 0.5) is 0 Å². The van der Waals surface area contributed by atoms with Crippen LogP contribution in [0.25, 0.3) is 0 Å². The van der Waals surface area contributed by atoms with Crippen LogP contribution < -0.4 is 0 Å². The normalized spacial score (nSPS) is 17.1. The van der Waals surface area contributed by atoms with Crippen LogP contribution in [0.15, 0.2) is 120 Å². The summed E-state index contributed by atoms with van der Waals surface area (Å²) in [6.07, 6.45) is 0.416. The van der Waals surface area contributed by atoms with Gasteiger partial charge in [0.1, 0.15) is 0 Å². The maximum atomic E-state index is 13.3. The molecule has 0 aromatic heterocycles. The van der Waals surface area contributed by atoms with Gasteiger partial charge in [-0.1, -0.05) is 91.0 Å². The van der Waals surface area contributed by atoms with Gasteiger partial charge in [-0.25, -0.2) is 8.42 Å². The van der Waals surface area contributed by atoms with Crippen LogP contribution in [0.5, 0.6) is 0 Å². The zero-order valence-electron chi connectivity index (χ0n) is 21.0. The van der Waals surface area contributed by atoms with Gasteiger partial charge in [0.05, 0.1) is 33.9 Å². The summed E-state index contributed by atoms with van der Waals surface area (Å²) < 4.78 is 26.6. The number of nitrogens with zero attached hydrogens (tertiary/aromatic N) is 2. The molecule has 0 bridgehead atoms. The summed E-state index contributed by atoms with van der Waals surface area (Å²) in [6, 6.07) is 38.2. The van der Waals surface area contributed by atoms with Crippen molar-refractivity contribution in [2.75, 3.05) is 12.3 Å². The van der Waals surface area contributed by atoms with Crippen molar-refractivity contribution in [2.24, 2.45) is 0 Å². The van der Waals surface area contributed by atoms with Gasteiger partial charge in [-0.2, -0.15) is 5.26 Å². The molecule has 4 aromatic carbocycles.